The molecule has 10 nitrogen and oxygen atoms in total. The predicted octanol–water partition coefficient (Wildman–Crippen LogP) is 5.80. The van der Waals surface area contributed by atoms with Crippen LogP contribution in [0.1, 0.15) is 21.9 Å². The van der Waals surface area contributed by atoms with E-state index >= 15 is 0 Å². The molecule has 2 aromatic carbocycles. The van der Waals surface area contributed by atoms with E-state index in [4.69, 9.17) is 13.6 Å². The molecule has 222 valence electrons. The third-order valence-corrected chi connectivity index (χ3v) is 7.81. The first kappa shape index (κ1) is 28.4. The number of furan rings is 1. The van der Waals surface area contributed by atoms with Gasteiger partial charge in [0, 0.05) is 26.2 Å². The van der Waals surface area contributed by atoms with Gasteiger partial charge in [0.05, 0.1) is 36.1 Å². The fourth-order valence-electron chi connectivity index (χ4n) is 4.79. The zero-order valence-electron chi connectivity index (χ0n) is 22.8. The van der Waals surface area contributed by atoms with Crippen molar-refractivity contribution >= 4 is 23.4 Å². The SMILES string of the molecule is COc1ccccc1N1CCN(C(=O)c2coc(CSc3nnc(-c4ccco4)n3-c3cccc(C(F)(F)F)c3)n2)CC1. The van der Waals surface area contributed by atoms with Crippen LogP contribution in [-0.2, 0) is 11.9 Å². The smallest absolute Gasteiger partial charge is 0.416 e. The molecular weight excluding hydrogens is 585 g/mol. The van der Waals surface area contributed by atoms with Crippen molar-refractivity contribution in [3.8, 4) is 23.0 Å². The first-order chi connectivity index (χ1) is 20.8. The van der Waals surface area contributed by atoms with E-state index in [1.807, 2.05) is 24.3 Å². The van der Waals surface area contributed by atoms with E-state index < -0.39 is 11.7 Å². The number of amides is 1. The number of oxazole rings is 1. The number of hydrogen-bond donors (Lipinski definition) is 0. The number of rotatable bonds is 8. The largest absolute Gasteiger partial charge is 0.495 e. The number of para-hydroxylation sites is 2. The van der Waals surface area contributed by atoms with Crippen LogP contribution in [0.3, 0.4) is 0 Å². The lowest BCUT2D eigenvalue weighted by Crippen LogP contribution is -2.49. The number of halogens is 3. The number of thioether (sulfide) groups is 1. The zero-order valence-corrected chi connectivity index (χ0v) is 23.6. The molecule has 1 amide bonds. The maximum atomic E-state index is 13.5. The van der Waals surface area contributed by atoms with E-state index in [1.54, 1.807) is 24.1 Å². The zero-order chi connectivity index (χ0) is 30.0. The third-order valence-electron chi connectivity index (χ3n) is 6.89. The topological polar surface area (TPSA) is 103 Å². The fourth-order valence-corrected chi connectivity index (χ4v) is 5.59. The van der Waals surface area contributed by atoms with Gasteiger partial charge in [0.2, 0.25) is 11.7 Å². The highest BCUT2D eigenvalue weighted by molar-refractivity contribution is 7.98. The van der Waals surface area contributed by atoms with Gasteiger partial charge in [-0.15, -0.1) is 10.2 Å². The summed E-state index contributed by atoms with van der Waals surface area (Å²) in [5.74, 6) is 1.53. The maximum Gasteiger partial charge on any atom is 0.416 e. The summed E-state index contributed by atoms with van der Waals surface area (Å²) >= 11 is 1.16. The normalized spacial score (nSPS) is 13.9. The third kappa shape index (κ3) is 5.95. The van der Waals surface area contributed by atoms with Crippen LogP contribution < -0.4 is 9.64 Å². The molecule has 0 bridgehead atoms. The van der Waals surface area contributed by atoms with Crippen molar-refractivity contribution < 1.29 is 31.5 Å². The molecule has 3 aromatic heterocycles. The quantitative estimate of drug-likeness (QED) is 0.202. The van der Waals surface area contributed by atoms with Gasteiger partial charge in [0.1, 0.15) is 12.0 Å². The summed E-state index contributed by atoms with van der Waals surface area (Å²) in [5, 5.41) is 8.65. The highest BCUT2D eigenvalue weighted by atomic mass is 32.2. The second-order valence-corrected chi connectivity index (χ2v) is 10.5. The Labute approximate surface area is 248 Å². The van der Waals surface area contributed by atoms with Gasteiger partial charge in [-0.1, -0.05) is 30.0 Å². The van der Waals surface area contributed by atoms with Crippen molar-refractivity contribution in [3.63, 3.8) is 0 Å². The molecule has 14 heteroatoms. The summed E-state index contributed by atoms with van der Waals surface area (Å²) in [6.45, 7) is 2.28. The van der Waals surface area contributed by atoms with Crippen LogP contribution in [0.25, 0.3) is 17.3 Å². The molecule has 1 aliphatic heterocycles. The summed E-state index contributed by atoms with van der Waals surface area (Å²) in [6, 6.07) is 15.9. The first-order valence-electron chi connectivity index (χ1n) is 13.2. The second kappa shape index (κ2) is 11.9. The molecule has 1 fully saturated rings. The van der Waals surface area contributed by atoms with Crippen molar-refractivity contribution in [1.29, 1.82) is 0 Å². The van der Waals surface area contributed by atoms with Gasteiger partial charge in [-0.3, -0.25) is 9.36 Å². The predicted molar refractivity (Wildman–Crippen MR) is 151 cm³/mol. The van der Waals surface area contributed by atoms with Crippen LogP contribution >= 0.6 is 11.8 Å². The Bertz CT molecular complexity index is 1710. The molecule has 0 N–H and O–H groups in total. The molecular formula is C29H25F3N6O4S. The molecule has 0 atom stereocenters. The first-order valence-corrected chi connectivity index (χ1v) is 14.2. The average molecular weight is 611 g/mol. The highest BCUT2D eigenvalue weighted by Gasteiger charge is 2.31. The van der Waals surface area contributed by atoms with Crippen molar-refractivity contribution in [3.05, 3.63) is 90.3 Å². The van der Waals surface area contributed by atoms with Crippen molar-refractivity contribution in [2.24, 2.45) is 0 Å². The summed E-state index contributed by atoms with van der Waals surface area (Å²) < 4.78 is 58.4. The van der Waals surface area contributed by atoms with Crippen LogP contribution in [0.5, 0.6) is 5.75 Å². The van der Waals surface area contributed by atoms with E-state index in [0.717, 1.165) is 35.3 Å². The molecule has 0 spiro atoms. The molecule has 1 aliphatic rings. The van der Waals surface area contributed by atoms with E-state index in [1.165, 1.54) is 29.2 Å². The Balaban J connectivity index is 1.15. The van der Waals surface area contributed by atoms with Crippen molar-refractivity contribution in [2.75, 3.05) is 38.2 Å². The molecule has 0 aliphatic carbocycles. The Morgan fingerprint density at radius 2 is 1.81 bits per heavy atom. The lowest BCUT2D eigenvalue weighted by Gasteiger charge is -2.36. The molecule has 1 saturated heterocycles. The number of piperazine rings is 1. The number of nitrogens with zero attached hydrogens (tertiary/aromatic N) is 6. The second-order valence-electron chi connectivity index (χ2n) is 9.53. The van der Waals surface area contributed by atoms with Gasteiger partial charge in [0.25, 0.3) is 5.91 Å². The molecule has 0 saturated carbocycles. The number of carbonyl (C=O) groups is 1. The number of aromatic nitrogens is 4. The molecule has 5 aromatic rings. The number of methoxy groups -OCH3 is 1. The fraction of sp³-hybridized carbons (Fsp3) is 0.241. The minimum Gasteiger partial charge on any atom is -0.495 e. The van der Waals surface area contributed by atoms with Gasteiger partial charge in [-0.25, -0.2) is 4.98 Å². The van der Waals surface area contributed by atoms with Crippen molar-refractivity contribution in [2.45, 2.75) is 17.1 Å². The number of alkyl halides is 3. The van der Waals surface area contributed by atoms with Crippen molar-refractivity contribution in [1.82, 2.24) is 24.6 Å². The monoisotopic (exact) mass is 610 g/mol. The summed E-state index contributed by atoms with van der Waals surface area (Å²) in [4.78, 5) is 21.4. The van der Waals surface area contributed by atoms with Gasteiger partial charge in [-0.05, 0) is 42.5 Å². The number of anilines is 1. The van der Waals surface area contributed by atoms with Gasteiger partial charge >= 0.3 is 6.18 Å². The minimum atomic E-state index is -4.52. The van der Waals surface area contributed by atoms with Crippen LogP contribution in [-0.4, -0.2) is 63.8 Å². The molecule has 6 rings (SSSR count). The number of ether oxygens (including phenoxy) is 1. The van der Waals surface area contributed by atoms with E-state index in [0.29, 0.717) is 37.1 Å². The maximum absolute atomic E-state index is 13.5. The number of hydrogen-bond acceptors (Lipinski definition) is 9. The molecule has 0 radical (unpaired) electrons. The Hall–Kier alpha value is -4.72. The Morgan fingerprint density at radius 1 is 1.00 bits per heavy atom. The van der Waals surface area contributed by atoms with Crippen LogP contribution in [0, 0.1) is 0 Å². The Morgan fingerprint density at radius 3 is 2.56 bits per heavy atom. The standard InChI is InChI=1S/C29H25F3N6O4S/c1-40-23-9-3-2-8-22(23)36-11-13-37(14-12-36)27(39)21-17-42-25(33-21)18-43-28-35-34-26(24-10-5-15-41-24)38(28)20-7-4-6-19(16-20)29(30,31)32/h2-10,15-17H,11-14,18H2,1H3. The van der Waals surface area contributed by atoms with E-state index in [-0.39, 0.29) is 34.8 Å². The average Bonchev–Trinajstić information content (AvgIpc) is 3.81. The van der Waals surface area contributed by atoms with Crippen LogP contribution in [0.4, 0.5) is 18.9 Å². The van der Waals surface area contributed by atoms with Gasteiger partial charge < -0.3 is 23.4 Å². The lowest BCUT2D eigenvalue weighted by molar-refractivity contribution is -0.137. The lowest BCUT2D eigenvalue weighted by atomic mass is 10.2. The highest BCUT2D eigenvalue weighted by Crippen LogP contribution is 2.34. The van der Waals surface area contributed by atoms with Gasteiger partial charge in [0.15, 0.2) is 16.6 Å². The van der Waals surface area contributed by atoms with Crippen LogP contribution in [0.2, 0.25) is 0 Å². The van der Waals surface area contributed by atoms with E-state index in [9.17, 15) is 18.0 Å². The van der Waals surface area contributed by atoms with Gasteiger partial charge in [-0.2, -0.15) is 13.2 Å². The van der Waals surface area contributed by atoms with E-state index in [2.05, 4.69) is 20.1 Å². The molecule has 4 heterocycles. The number of carbonyl (C=O) groups excluding carboxylic acids is 1. The van der Waals surface area contributed by atoms with Crippen LogP contribution in [0.15, 0.2) is 87.2 Å². The summed E-state index contributed by atoms with van der Waals surface area (Å²) in [6.07, 6.45) is -1.77. The molecule has 0 unspecified atom stereocenters. The number of benzene rings is 2. The molecule has 43 heavy (non-hydrogen) atoms. The minimum absolute atomic E-state index is 0.157. The summed E-state index contributed by atoms with van der Waals surface area (Å²) in [5.41, 5.74) is 0.562. The summed E-state index contributed by atoms with van der Waals surface area (Å²) in [7, 11) is 1.63. The Kier molecular flexibility index (Phi) is 7.84.